The number of hydrogen-bond donors (Lipinski definition) is 2. The maximum atomic E-state index is 13.8. The average molecular weight is 331 g/mol. The van der Waals surface area contributed by atoms with E-state index < -0.39 is 11.8 Å². The molecule has 1 aromatic carbocycles. The van der Waals surface area contributed by atoms with Gasteiger partial charge in [0.2, 0.25) is 5.91 Å². The first-order valence-corrected chi connectivity index (χ1v) is 6.95. The van der Waals surface area contributed by atoms with Crippen molar-refractivity contribution in [3.05, 3.63) is 29.6 Å². The molecule has 122 valence electrons. The number of ether oxygens (including phenoxy) is 1. The summed E-state index contributed by atoms with van der Waals surface area (Å²) in [6, 6.07) is 3.73. The van der Waals surface area contributed by atoms with Crippen molar-refractivity contribution >= 4 is 30.0 Å². The normalized spacial score (nSPS) is 20.1. The molecule has 0 heterocycles. The van der Waals surface area contributed by atoms with Crippen LogP contribution in [0.3, 0.4) is 0 Å². The Labute approximate surface area is 134 Å². The van der Waals surface area contributed by atoms with Crippen LogP contribution in [-0.2, 0) is 9.53 Å². The fraction of sp³-hybridized carbons (Fsp3) is 0.467. The monoisotopic (exact) mass is 330 g/mol. The van der Waals surface area contributed by atoms with Gasteiger partial charge in [-0.3, -0.25) is 4.79 Å². The second-order valence-corrected chi connectivity index (χ2v) is 5.21. The number of esters is 1. The smallest absolute Gasteiger partial charge is 0.337 e. The van der Waals surface area contributed by atoms with Crippen LogP contribution in [0.4, 0.5) is 10.1 Å². The zero-order valence-corrected chi connectivity index (χ0v) is 13.1. The highest BCUT2D eigenvalue weighted by Gasteiger charge is 2.32. The predicted octanol–water partition coefficient (Wildman–Crippen LogP) is 2.35. The SMILES string of the molecule is COC(=O)c1ccc(F)c(NC(=O)[C@@H]2CCC[C@@H]2CN)c1.Cl. The number of halogens is 2. The highest BCUT2D eigenvalue weighted by Crippen LogP contribution is 2.32. The number of nitrogens with two attached hydrogens (primary N) is 1. The second kappa shape index (κ2) is 8.10. The minimum atomic E-state index is -0.585. The molecule has 1 fully saturated rings. The largest absolute Gasteiger partial charge is 0.465 e. The van der Waals surface area contributed by atoms with Crippen molar-refractivity contribution in [2.24, 2.45) is 17.6 Å². The number of methoxy groups -OCH3 is 1. The Morgan fingerprint density at radius 2 is 2.14 bits per heavy atom. The summed E-state index contributed by atoms with van der Waals surface area (Å²) in [5, 5.41) is 2.56. The summed E-state index contributed by atoms with van der Waals surface area (Å²) in [6.07, 6.45) is 2.62. The van der Waals surface area contributed by atoms with Crippen LogP contribution in [0, 0.1) is 17.7 Å². The Hall–Kier alpha value is -1.66. The third-order valence-corrected chi connectivity index (χ3v) is 3.94. The molecular weight excluding hydrogens is 311 g/mol. The molecule has 0 radical (unpaired) electrons. The summed E-state index contributed by atoms with van der Waals surface area (Å²) in [4.78, 5) is 23.7. The Morgan fingerprint density at radius 1 is 1.41 bits per heavy atom. The van der Waals surface area contributed by atoms with E-state index in [1.807, 2.05) is 0 Å². The highest BCUT2D eigenvalue weighted by molar-refractivity contribution is 5.95. The van der Waals surface area contributed by atoms with Crippen molar-refractivity contribution < 1.29 is 18.7 Å². The molecule has 0 spiro atoms. The molecule has 0 unspecified atom stereocenters. The highest BCUT2D eigenvalue weighted by atomic mass is 35.5. The van der Waals surface area contributed by atoms with E-state index >= 15 is 0 Å². The molecule has 2 atom stereocenters. The number of nitrogens with one attached hydrogen (secondary N) is 1. The number of carbonyl (C=O) groups excluding carboxylic acids is 2. The molecule has 7 heteroatoms. The fourth-order valence-corrected chi connectivity index (χ4v) is 2.76. The number of rotatable bonds is 4. The van der Waals surface area contributed by atoms with E-state index in [-0.39, 0.29) is 41.4 Å². The second-order valence-electron chi connectivity index (χ2n) is 5.21. The lowest BCUT2D eigenvalue weighted by Crippen LogP contribution is -2.30. The first-order chi connectivity index (χ1) is 10.1. The van der Waals surface area contributed by atoms with E-state index in [0.717, 1.165) is 25.3 Å². The Kier molecular flexibility index (Phi) is 6.77. The molecule has 1 aliphatic rings. The van der Waals surface area contributed by atoms with Gasteiger partial charge in [-0.2, -0.15) is 0 Å². The molecule has 1 amide bonds. The zero-order chi connectivity index (χ0) is 15.4. The molecular formula is C15H20ClFN2O3. The Bertz CT molecular complexity index is 554. The van der Waals surface area contributed by atoms with Crippen molar-refractivity contribution in [3.8, 4) is 0 Å². The van der Waals surface area contributed by atoms with E-state index in [1.165, 1.54) is 19.2 Å². The van der Waals surface area contributed by atoms with Crippen molar-refractivity contribution in [2.75, 3.05) is 19.0 Å². The van der Waals surface area contributed by atoms with E-state index in [9.17, 15) is 14.0 Å². The minimum absolute atomic E-state index is 0. The summed E-state index contributed by atoms with van der Waals surface area (Å²) in [6.45, 7) is 0.447. The van der Waals surface area contributed by atoms with E-state index in [4.69, 9.17) is 5.73 Å². The molecule has 0 aromatic heterocycles. The average Bonchev–Trinajstić information content (AvgIpc) is 2.97. The summed E-state index contributed by atoms with van der Waals surface area (Å²) in [5.41, 5.74) is 5.83. The van der Waals surface area contributed by atoms with Crippen molar-refractivity contribution in [2.45, 2.75) is 19.3 Å². The van der Waals surface area contributed by atoms with Gasteiger partial charge < -0.3 is 15.8 Å². The van der Waals surface area contributed by atoms with Gasteiger partial charge in [-0.15, -0.1) is 12.4 Å². The van der Waals surface area contributed by atoms with Crippen molar-refractivity contribution in [3.63, 3.8) is 0 Å². The molecule has 1 aromatic rings. The van der Waals surface area contributed by atoms with Gasteiger partial charge >= 0.3 is 5.97 Å². The van der Waals surface area contributed by atoms with Crippen LogP contribution in [-0.4, -0.2) is 25.5 Å². The summed E-state index contributed by atoms with van der Waals surface area (Å²) in [7, 11) is 1.24. The zero-order valence-electron chi connectivity index (χ0n) is 12.3. The van der Waals surface area contributed by atoms with Gasteiger partial charge in [0.1, 0.15) is 5.82 Å². The summed E-state index contributed by atoms with van der Waals surface area (Å²) >= 11 is 0. The van der Waals surface area contributed by atoms with Crippen LogP contribution in [0.1, 0.15) is 29.6 Å². The Morgan fingerprint density at radius 3 is 2.77 bits per heavy atom. The van der Waals surface area contributed by atoms with Gasteiger partial charge in [-0.1, -0.05) is 6.42 Å². The minimum Gasteiger partial charge on any atom is -0.465 e. The van der Waals surface area contributed by atoms with Gasteiger partial charge in [0.25, 0.3) is 0 Å². The van der Waals surface area contributed by atoms with E-state index in [1.54, 1.807) is 0 Å². The van der Waals surface area contributed by atoms with Crippen LogP contribution in [0.15, 0.2) is 18.2 Å². The van der Waals surface area contributed by atoms with Crippen LogP contribution >= 0.6 is 12.4 Å². The number of anilines is 1. The number of hydrogen-bond acceptors (Lipinski definition) is 4. The van der Waals surface area contributed by atoms with Crippen LogP contribution in [0.25, 0.3) is 0 Å². The van der Waals surface area contributed by atoms with Crippen molar-refractivity contribution in [1.29, 1.82) is 0 Å². The van der Waals surface area contributed by atoms with Gasteiger partial charge in [0.05, 0.1) is 18.4 Å². The summed E-state index contributed by atoms with van der Waals surface area (Å²) in [5.74, 6) is -1.47. The molecule has 0 saturated heterocycles. The maximum absolute atomic E-state index is 13.8. The lowest BCUT2D eigenvalue weighted by atomic mass is 9.95. The molecule has 5 nitrogen and oxygen atoms in total. The number of carbonyl (C=O) groups is 2. The number of amides is 1. The first-order valence-electron chi connectivity index (χ1n) is 6.95. The quantitative estimate of drug-likeness (QED) is 0.830. The lowest BCUT2D eigenvalue weighted by Gasteiger charge is -2.17. The van der Waals surface area contributed by atoms with Crippen LogP contribution in [0.5, 0.6) is 0 Å². The third kappa shape index (κ3) is 3.96. The summed E-state index contributed by atoms with van der Waals surface area (Å²) < 4.78 is 18.4. The lowest BCUT2D eigenvalue weighted by molar-refractivity contribution is -0.120. The molecule has 1 saturated carbocycles. The van der Waals surface area contributed by atoms with E-state index in [2.05, 4.69) is 10.1 Å². The van der Waals surface area contributed by atoms with E-state index in [0.29, 0.717) is 6.54 Å². The van der Waals surface area contributed by atoms with Gasteiger partial charge in [-0.25, -0.2) is 9.18 Å². The molecule has 0 aliphatic heterocycles. The Balaban J connectivity index is 0.00000242. The molecule has 0 bridgehead atoms. The molecule has 22 heavy (non-hydrogen) atoms. The van der Waals surface area contributed by atoms with Crippen LogP contribution < -0.4 is 11.1 Å². The van der Waals surface area contributed by atoms with Gasteiger partial charge in [-0.05, 0) is 43.5 Å². The topological polar surface area (TPSA) is 81.4 Å². The standard InChI is InChI=1S/C15H19FN2O3.ClH/c1-21-15(20)9-5-6-12(16)13(7-9)18-14(19)11-4-2-3-10(11)8-17;/h5-7,10-11H,2-4,8,17H2,1H3,(H,18,19);1H/t10-,11-;/m1./s1. The number of benzene rings is 1. The van der Waals surface area contributed by atoms with Crippen LogP contribution in [0.2, 0.25) is 0 Å². The van der Waals surface area contributed by atoms with Gasteiger partial charge in [0, 0.05) is 5.92 Å². The maximum Gasteiger partial charge on any atom is 0.337 e. The first kappa shape index (κ1) is 18.4. The molecule has 2 rings (SSSR count). The fourth-order valence-electron chi connectivity index (χ4n) is 2.76. The third-order valence-electron chi connectivity index (χ3n) is 3.94. The van der Waals surface area contributed by atoms with Crippen molar-refractivity contribution in [1.82, 2.24) is 0 Å². The molecule has 1 aliphatic carbocycles. The molecule has 3 N–H and O–H groups in total. The van der Waals surface area contributed by atoms with Gasteiger partial charge in [0.15, 0.2) is 0 Å². The predicted molar refractivity (Wildman–Crippen MR) is 83.5 cm³/mol.